The van der Waals surface area contributed by atoms with Crippen LogP contribution in [0.3, 0.4) is 0 Å². The highest BCUT2D eigenvalue weighted by molar-refractivity contribution is 7.98. The van der Waals surface area contributed by atoms with E-state index in [0.717, 1.165) is 16.9 Å². The smallest absolute Gasteiger partial charge is 0.251 e. The summed E-state index contributed by atoms with van der Waals surface area (Å²) >= 11 is 1.69. The van der Waals surface area contributed by atoms with E-state index in [1.165, 1.54) is 4.90 Å². The molecule has 0 aromatic heterocycles. The number of para-hydroxylation sites is 1. The molecule has 0 spiro atoms. The van der Waals surface area contributed by atoms with Crippen molar-refractivity contribution in [3.05, 3.63) is 83.4 Å². The lowest BCUT2D eigenvalue weighted by atomic mass is 10.1. The summed E-state index contributed by atoms with van der Waals surface area (Å²) in [5, 5.41) is 12.4. The fraction of sp³-hybridized carbons (Fsp3) is 0.167. The average molecular weight is 416 g/mol. The molecule has 0 unspecified atom stereocenters. The average Bonchev–Trinajstić information content (AvgIpc) is 2.82. The third-order valence-electron chi connectivity index (χ3n) is 5.01. The first-order valence-electron chi connectivity index (χ1n) is 9.64. The summed E-state index contributed by atoms with van der Waals surface area (Å²) in [7, 11) is 0. The van der Waals surface area contributed by atoms with Crippen LogP contribution < -0.4 is 15.0 Å². The number of ether oxygens (including phenoxy) is 1. The molecule has 5 nitrogen and oxygen atoms in total. The Balaban J connectivity index is 1.51. The number of nitriles is 1. The van der Waals surface area contributed by atoms with Crippen LogP contribution in [0.5, 0.6) is 5.75 Å². The maximum atomic E-state index is 12.7. The van der Waals surface area contributed by atoms with Crippen LogP contribution in [0.4, 0.5) is 11.4 Å². The Labute approximate surface area is 180 Å². The normalized spacial score (nSPS) is 12.5. The van der Waals surface area contributed by atoms with Crippen molar-refractivity contribution >= 4 is 29.0 Å². The van der Waals surface area contributed by atoms with Gasteiger partial charge in [-0.15, -0.1) is 11.8 Å². The second kappa shape index (κ2) is 8.93. The summed E-state index contributed by atoms with van der Waals surface area (Å²) in [6.45, 7) is 1.59. The maximum Gasteiger partial charge on any atom is 0.251 e. The van der Waals surface area contributed by atoms with Crippen LogP contribution in [0.15, 0.2) is 71.6 Å². The van der Waals surface area contributed by atoms with Crippen LogP contribution in [0, 0.1) is 11.3 Å². The number of amides is 1. The van der Waals surface area contributed by atoms with Gasteiger partial charge in [0.05, 0.1) is 23.5 Å². The van der Waals surface area contributed by atoms with E-state index >= 15 is 0 Å². The Morgan fingerprint density at radius 2 is 1.93 bits per heavy atom. The minimum absolute atomic E-state index is 0.148. The molecule has 0 radical (unpaired) electrons. The summed E-state index contributed by atoms with van der Waals surface area (Å²) in [4.78, 5) is 15.9. The van der Waals surface area contributed by atoms with E-state index in [4.69, 9.17) is 4.74 Å². The van der Waals surface area contributed by atoms with Crippen LogP contribution in [0.25, 0.3) is 0 Å². The van der Waals surface area contributed by atoms with Crippen LogP contribution >= 0.6 is 11.8 Å². The molecule has 3 aromatic rings. The third-order valence-corrected chi connectivity index (χ3v) is 5.76. The van der Waals surface area contributed by atoms with Crippen molar-refractivity contribution in [2.45, 2.75) is 11.4 Å². The molecule has 1 amide bonds. The molecule has 0 atom stereocenters. The second-order valence-corrected chi connectivity index (χ2v) is 7.72. The molecule has 0 saturated heterocycles. The number of carbonyl (C=O) groups is 1. The zero-order chi connectivity index (χ0) is 20.9. The van der Waals surface area contributed by atoms with Crippen molar-refractivity contribution in [2.75, 3.05) is 24.3 Å². The minimum atomic E-state index is -0.148. The number of nitrogens with zero attached hydrogens (tertiary/aromatic N) is 2. The molecule has 30 heavy (non-hydrogen) atoms. The van der Waals surface area contributed by atoms with Gasteiger partial charge in [0.25, 0.3) is 5.91 Å². The lowest BCUT2D eigenvalue weighted by molar-refractivity contribution is 0.0950. The van der Waals surface area contributed by atoms with Gasteiger partial charge >= 0.3 is 0 Å². The standard InChI is InChI=1S/C24H21N3O2S/c1-30-20-9-6-17(7-10-20)16-26-24(28)18-8-11-22-23(14-18)29-13-12-27(22)21-5-3-2-4-19(21)15-25/h2-11,14H,12-13,16H2,1H3,(H,26,28). The zero-order valence-electron chi connectivity index (χ0n) is 16.6. The minimum Gasteiger partial charge on any atom is -0.490 e. The second-order valence-electron chi connectivity index (χ2n) is 6.84. The van der Waals surface area contributed by atoms with Gasteiger partial charge in [-0.3, -0.25) is 4.79 Å². The van der Waals surface area contributed by atoms with Gasteiger partial charge in [-0.05, 0) is 54.3 Å². The molecule has 0 saturated carbocycles. The number of anilines is 2. The Morgan fingerprint density at radius 1 is 1.13 bits per heavy atom. The van der Waals surface area contributed by atoms with Gasteiger partial charge in [-0.1, -0.05) is 24.3 Å². The Kier molecular flexibility index (Phi) is 5.92. The van der Waals surface area contributed by atoms with Gasteiger partial charge in [0.15, 0.2) is 0 Å². The molecule has 0 bridgehead atoms. The lowest BCUT2D eigenvalue weighted by Crippen LogP contribution is -2.29. The first kappa shape index (κ1) is 19.9. The van der Waals surface area contributed by atoms with Gasteiger partial charge < -0.3 is 15.0 Å². The highest BCUT2D eigenvalue weighted by atomic mass is 32.2. The summed E-state index contributed by atoms with van der Waals surface area (Å²) in [6.07, 6.45) is 2.04. The predicted octanol–water partition coefficient (Wildman–Crippen LogP) is 4.74. The molecule has 1 aliphatic heterocycles. The zero-order valence-corrected chi connectivity index (χ0v) is 17.4. The molecule has 1 heterocycles. The molecule has 1 N–H and O–H groups in total. The van der Waals surface area contributed by atoms with Crippen molar-refractivity contribution in [3.8, 4) is 11.8 Å². The molecule has 0 fully saturated rings. The SMILES string of the molecule is CSc1ccc(CNC(=O)c2ccc3c(c2)OCCN3c2ccccc2C#N)cc1. The number of benzene rings is 3. The predicted molar refractivity (Wildman–Crippen MR) is 119 cm³/mol. The highest BCUT2D eigenvalue weighted by Crippen LogP contribution is 2.38. The van der Waals surface area contributed by atoms with Gasteiger partial charge in [-0.25, -0.2) is 0 Å². The summed E-state index contributed by atoms with van der Waals surface area (Å²) in [6, 6.07) is 23.3. The Bertz CT molecular complexity index is 1110. The van der Waals surface area contributed by atoms with Crippen molar-refractivity contribution in [1.82, 2.24) is 5.32 Å². The first-order chi connectivity index (χ1) is 14.7. The van der Waals surface area contributed by atoms with E-state index in [0.29, 0.717) is 36.6 Å². The third kappa shape index (κ3) is 4.12. The number of rotatable bonds is 5. The van der Waals surface area contributed by atoms with Gasteiger partial charge in [0, 0.05) is 17.0 Å². The fourth-order valence-electron chi connectivity index (χ4n) is 3.44. The van der Waals surface area contributed by atoms with Gasteiger partial charge in [0.1, 0.15) is 18.4 Å². The monoisotopic (exact) mass is 415 g/mol. The van der Waals surface area contributed by atoms with Crippen LogP contribution in [-0.4, -0.2) is 25.3 Å². The molecule has 1 aliphatic rings. The van der Waals surface area contributed by atoms with E-state index in [1.54, 1.807) is 30.0 Å². The number of thioether (sulfide) groups is 1. The quantitative estimate of drug-likeness (QED) is 0.610. The van der Waals surface area contributed by atoms with Crippen molar-refractivity contribution in [3.63, 3.8) is 0 Å². The summed E-state index contributed by atoms with van der Waals surface area (Å²) in [5.74, 6) is 0.496. The van der Waals surface area contributed by atoms with Crippen LogP contribution in [0.1, 0.15) is 21.5 Å². The Hall–Kier alpha value is -3.43. The summed E-state index contributed by atoms with van der Waals surface area (Å²) < 4.78 is 5.82. The van der Waals surface area contributed by atoms with E-state index < -0.39 is 0 Å². The molecule has 3 aromatic carbocycles. The molecule has 6 heteroatoms. The number of hydrogen-bond donors (Lipinski definition) is 1. The van der Waals surface area contributed by atoms with Gasteiger partial charge in [0.2, 0.25) is 0 Å². The largest absolute Gasteiger partial charge is 0.490 e. The van der Waals surface area contributed by atoms with E-state index in [1.807, 2.05) is 54.8 Å². The van der Waals surface area contributed by atoms with Crippen molar-refractivity contribution < 1.29 is 9.53 Å². The molecule has 4 rings (SSSR count). The van der Waals surface area contributed by atoms with Crippen molar-refractivity contribution in [1.29, 1.82) is 5.26 Å². The molecular formula is C24H21N3O2S. The molecular weight excluding hydrogens is 394 g/mol. The Morgan fingerprint density at radius 3 is 2.70 bits per heavy atom. The van der Waals surface area contributed by atoms with E-state index in [-0.39, 0.29) is 5.91 Å². The molecule has 0 aliphatic carbocycles. The maximum absolute atomic E-state index is 12.7. The lowest BCUT2D eigenvalue weighted by Gasteiger charge is -2.32. The van der Waals surface area contributed by atoms with E-state index in [2.05, 4.69) is 16.3 Å². The number of nitrogens with one attached hydrogen (secondary N) is 1. The topological polar surface area (TPSA) is 65.4 Å². The first-order valence-corrected chi connectivity index (χ1v) is 10.9. The van der Waals surface area contributed by atoms with Crippen LogP contribution in [-0.2, 0) is 6.54 Å². The fourth-order valence-corrected chi connectivity index (χ4v) is 3.85. The summed E-state index contributed by atoms with van der Waals surface area (Å²) in [5.41, 5.74) is 3.91. The van der Waals surface area contributed by atoms with Crippen LogP contribution in [0.2, 0.25) is 0 Å². The van der Waals surface area contributed by atoms with Gasteiger partial charge in [-0.2, -0.15) is 5.26 Å². The highest BCUT2D eigenvalue weighted by Gasteiger charge is 2.22. The molecule has 150 valence electrons. The number of hydrogen-bond acceptors (Lipinski definition) is 5. The van der Waals surface area contributed by atoms with Crippen molar-refractivity contribution in [2.24, 2.45) is 0 Å². The van der Waals surface area contributed by atoms with E-state index in [9.17, 15) is 10.1 Å². The number of carbonyl (C=O) groups excluding carboxylic acids is 1. The number of fused-ring (bicyclic) bond motifs is 1.